The van der Waals surface area contributed by atoms with Crippen LogP contribution in [0.25, 0.3) is 11.3 Å². The summed E-state index contributed by atoms with van der Waals surface area (Å²) in [5.74, 6) is 0. The van der Waals surface area contributed by atoms with Crippen LogP contribution in [0.5, 0.6) is 0 Å². The zero-order chi connectivity index (χ0) is 10.8. The first kappa shape index (κ1) is 10.4. The normalized spacial score (nSPS) is 10.3. The maximum absolute atomic E-state index is 11.5. The summed E-state index contributed by atoms with van der Waals surface area (Å²) >= 11 is 9.31. The van der Waals surface area contributed by atoms with Crippen LogP contribution in [0.1, 0.15) is 0 Å². The number of nitrogens with one attached hydrogen (secondary N) is 1. The van der Waals surface area contributed by atoms with E-state index in [0.717, 1.165) is 4.47 Å². The molecule has 0 bridgehead atoms. The molecular formula is C10H6BrClN2O. The van der Waals surface area contributed by atoms with Crippen molar-refractivity contribution < 1.29 is 0 Å². The van der Waals surface area contributed by atoms with Crippen molar-refractivity contribution >= 4 is 27.5 Å². The minimum absolute atomic E-state index is 0.252. The van der Waals surface area contributed by atoms with E-state index in [0.29, 0.717) is 16.3 Å². The van der Waals surface area contributed by atoms with Gasteiger partial charge in [0.25, 0.3) is 5.56 Å². The lowest BCUT2D eigenvalue weighted by atomic mass is 10.1. The molecule has 76 valence electrons. The Balaban J connectivity index is 2.69. The Bertz CT molecular complexity index is 553. The Labute approximate surface area is 99.3 Å². The standard InChI is InChI=1S/C10H6BrClN2O/c11-6-1-2-8(12)7(5-6)9-10(15)14-4-3-13-9/h1-5H,(H,14,15). The molecule has 0 radical (unpaired) electrons. The van der Waals surface area contributed by atoms with Crippen molar-refractivity contribution in [1.29, 1.82) is 0 Å². The van der Waals surface area contributed by atoms with Gasteiger partial charge in [0.2, 0.25) is 0 Å². The highest BCUT2D eigenvalue weighted by atomic mass is 79.9. The second kappa shape index (κ2) is 4.16. The van der Waals surface area contributed by atoms with Gasteiger partial charge in [0, 0.05) is 22.4 Å². The SMILES string of the molecule is O=c1[nH]ccnc1-c1cc(Br)ccc1Cl. The van der Waals surface area contributed by atoms with E-state index < -0.39 is 0 Å². The number of hydrogen-bond acceptors (Lipinski definition) is 2. The highest BCUT2D eigenvalue weighted by Gasteiger charge is 2.08. The molecule has 0 amide bonds. The van der Waals surface area contributed by atoms with Crippen LogP contribution in [0.2, 0.25) is 5.02 Å². The first-order valence-electron chi connectivity index (χ1n) is 4.17. The number of aromatic nitrogens is 2. The van der Waals surface area contributed by atoms with Gasteiger partial charge in [0.15, 0.2) is 0 Å². The molecule has 2 rings (SSSR count). The molecule has 0 saturated heterocycles. The molecule has 2 aromatic rings. The van der Waals surface area contributed by atoms with Gasteiger partial charge < -0.3 is 4.98 Å². The summed E-state index contributed by atoms with van der Waals surface area (Å²) in [4.78, 5) is 18.0. The van der Waals surface area contributed by atoms with E-state index in [1.165, 1.54) is 12.4 Å². The second-order valence-corrected chi connectivity index (χ2v) is 4.21. The smallest absolute Gasteiger partial charge is 0.274 e. The number of rotatable bonds is 1. The van der Waals surface area contributed by atoms with Gasteiger partial charge in [0.05, 0.1) is 5.02 Å². The Hall–Kier alpha value is -1.13. The number of H-pyrrole nitrogens is 1. The summed E-state index contributed by atoms with van der Waals surface area (Å²) in [6, 6.07) is 5.29. The summed E-state index contributed by atoms with van der Waals surface area (Å²) in [5, 5.41) is 0.502. The third-order valence-corrected chi connectivity index (χ3v) is 2.71. The Morgan fingerprint density at radius 3 is 2.93 bits per heavy atom. The van der Waals surface area contributed by atoms with Crippen molar-refractivity contribution in [2.75, 3.05) is 0 Å². The third-order valence-electron chi connectivity index (χ3n) is 1.89. The molecule has 3 nitrogen and oxygen atoms in total. The van der Waals surface area contributed by atoms with Crippen LogP contribution in [0, 0.1) is 0 Å². The van der Waals surface area contributed by atoms with E-state index in [-0.39, 0.29) is 5.56 Å². The van der Waals surface area contributed by atoms with E-state index in [1.54, 1.807) is 12.1 Å². The number of nitrogens with zero attached hydrogens (tertiary/aromatic N) is 1. The molecule has 0 fully saturated rings. The fourth-order valence-electron chi connectivity index (χ4n) is 1.22. The van der Waals surface area contributed by atoms with Crippen LogP contribution in [0.4, 0.5) is 0 Å². The van der Waals surface area contributed by atoms with Gasteiger partial charge in [-0.15, -0.1) is 0 Å². The van der Waals surface area contributed by atoms with Crippen LogP contribution in [-0.2, 0) is 0 Å². The first-order chi connectivity index (χ1) is 7.18. The molecule has 0 saturated carbocycles. The van der Waals surface area contributed by atoms with Crippen molar-refractivity contribution in [1.82, 2.24) is 9.97 Å². The molecule has 0 unspecified atom stereocenters. The van der Waals surface area contributed by atoms with Gasteiger partial charge in [-0.05, 0) is 18.2 Å². The Morgan fingerprint density at radius 2 is 2.20 bits per heavy atom. The molecule has 5 heteroatoms. The van der Waals surface area contributed by atoms with Gasteiger partial charge in [-0.25, -0.2) is 4.98 Å². The summed E-state index contributed by atoms with van der Waals surface area (Å²) in [6.07, 6.45) is 3.01. The lowest BCUT2D eigenvalue weighted by Gasteiger charge is -2.02. The van der Waals surface area contributed by atoms with Crippen molar-refractivity contribution in [2.45, 2.75) is 0 Å². The summed E-state index contributed by atoms with van der Waals surface area (Å²) in [7, 11) is 0. The third kappa shape index (κ3) is 2.11. The van der Waals surface area contributed by atoms with Gasteiger partial charge >= 0.3 is 0 Å². The van der Waals surface area contributed by atoms with Crippen LogP contribution >= 0.6 is 27.5 Å². The van der Waals surface area contributed by atoms with Crippen molar-refractivity contribution in [2.24, 2.45) is 0 Å². The molecule has 0 spiro atoms. The minimum atomic E-state index is -0.252. The molecule has 0 aliphatic carbocycles. The van der Waals surface area contributed by atoms with Gasteiger partial charge in [0.1, 0.15) is 5.69 Å². The van der Waals surface area contributed by atoms with E-state index in [9.17, 15) is 4.79 Å². The average molecular weight is 286 g/mol. The van der Waals surface area contributed by atoms with E-state index in [4.69, 9.17) is 11.6 Å². The highest BCUT2D eigenvalue weighted by Crippen LogP contribution is 2.27. The van der Waals surface area contributed by atoms with E-state index in [1.807, 2.05) is 6.07 Å². The molecule has 1 aromatic carbocycles. The molecule has 0 aliphatic heterocycles. The second-order valence-electron chi connectivity index (χ2n) is 2.89. The average Bonchev–Trinajstić information content (AvgIpc) is 2.23. The Morgan fingerprint density at radius 1 is 1.40 bits per heavy atom. The fraction of sp³-hybridized carbons (Fsp3) is 0. The molecular weight excluding hydrogens is 279 g/mol. The van der Waals surface area contributed by atoms with Crippen LogP contribution in [0.3, 0.4) is 0 Å². The summed E-state index contributed by atoms with van der Waals surface area (Å²) < 4.78 is 0.854. The molecule has 1 N–H and O–H groups in total. The van der Waals surface area contributed by atoms with Crippen molar-refractivity contribution in [3.05, 3.63) is 50.4 Å². The quantitative estimate of drug-likeness (QED) is 0.876. The van der Waals surface area contributed by atoms with Crippen LogP contribution < -0.4 is 5.56 Å². The fourth-order valence-corrected chi connectivity index (χ4v) is 1.79. The Kier molecular flexibility index (Phi) is 2.88. The van der Waals surface area contributed by atoms with Crippen molar-refractivity contribution in [3.63, 3.8) is 0 Å². The zero-order valence-corrected chi connectivity index (χ0v) is 9.84. The molecule has 0 atom stereocenters. The zero-order valence-electron chi connectivity index (χ0n) is 7.50. The van der Waals surface area contributed by atoms with Gasteiger partial charge in [-0.3, -0.25) is 4.79 Å². The summed E-state index contributed by atoms with van der Waals surface area (Å²) in [6.45, 7) is 0. The van der Waals surface area contributed by atoms with E-state index in [2.05, 4.69) is 25.9 Å². The molecule has 1 heterocycles. The van der Waals surface area contributed by atoms with Gasteiger partial charge in [-0.1, -0.05) is 27.5 Å². The molecule has 1 aromatic heterocycles. The number of benzene rings is 1. The number of hydrogen-bond donors (Lipinski definition) is 1. The van der Waals surface area contributed by atoms with Crippen molar-refractivity contribution in [3.8, 4) is 11.3 Å². The monoisotopic (exact) mass is 284 g/mol. The largest absolute Gasteiger partial charge is 0.326 e. The highest BCUT2D eigenvalue weighted by molar-refractivity contribution is 9.10. The van der Waals surface area contributed by atoms with E-state index >= 15 is 0 Å². The molecule has 15 heavy (non-hydrogen) atoms. The first-order valence-corrected chi connectivity index (χ1v) is 5.34. The van der Waals surface area contributed by atoms with Crippen LogP contribution in [-0.4, -0.2) is 9.97 Å². The topological polar surface area (TPSA) is 45.8 Å². The maximum Gasteiger partial charge on any atom is 0.274 e. The lowest BCUT2D eigenvalue weighted by Crippen LogP contribution is -2.09. The molecule has 0 aliphatic rings. The summed E-state index contributed by atoms with van der Waals surface area (Å²) in [5.41, 5.74) is 0.689. The lowest BCUT2D eigenvalue weighted by molar-refractivity contribution is 1.14. The number of halogens is 2. The number of aromatic amines is 1. The van der Waals surface area contributed by atoms with Gasteiger partial charge in [-0.2, -0.15) is 0 Å². The predicted molar refractivity (Wildman–Crippen MR) is 63.0 cm³/mol. The minimum Gasteiger partial charge on any atom is -0.326 e. The predicted octanol–water partition coefficient (Wildman–Crippen LogP) is 2.85. The maximum atomic E-state index is 11.5. The van der Waals surface area contributed by atoms with Crippen LogP contribution in [0.15, 0.2) is 39.9 Å².